The van der Waals surface area contributed by atoms with Gasteiger partial charge in [-0.2, -0.15) is 0 Å². The Morgan fingerprint density at radius 3 is 2.56 bits per heavy atom. The lowest BCUT2D eigenvalue weighted by Gasteiger charge is -2.24. The van der Waals surface area contributed by atoms with Crippen LogP contribution in [0, 0.1) is 0 Å². The summed E-state index contributed by atoms with van der Waals surface area (Å²) >= 11 is 3.54. The van der Waals surface area contributed by atoms with Gasteiger partial charge in [0.15, 0.2) is 11.5 Å². The minimum absolute atomic E-state index is 0.479. The molecule has 0 amide bonds. The van der Waals surface area contributed by atoms with E-state index >= 15 is 0 Å². The smallest absolute Gasteiger partial charge is 0.175 e. The second-order valence-electron chi connectivity index (χ2n) is 5.11. The van der Waals surface area contributed by atoms with Crippen LogP contribution < -0.4 is 9.47 Å². The molecule has 3 rings (SSSR count). The number of ether oxygens (including phenoxy) is 2. The van der Waals surface area contributed by atoms with Gasteiger partial charge in [-0.1, -0.05) is 6.92 Å². The van der Waals surface area contributed by atoms with Gasteiger partial charge in [-0.3, -0.25) is 0 Å². The maximum atomic E-state index is 10.1. The predicted octanol–water partition coefficient (Wildman–Crippen LogP) is 2.85. The van der Waals surface area contributed by atoms with E-state index in [1.807, 2.05) is 0 Å². The fourth-order valence-corrected chi connectivity index (χ4v) is 3.06. The van der Waals surface area contributed by atoms with Crippen LogP contribution in [0.2, 0.25) is 0 Å². The van der Waals surface area contributed by atoms with E-state index < -0.39 is 5.60 Å². The minimum atomic E-state index is -0.479. The van der Waals surface area contributed by atoms with Crippen LogP contribution in [0.5, 0.6) is 11.5 Å². The van der Waals surface area contributed by atoms with Gasteiger partial charge in [0.2, 0.25) is 0 Å². The van der Waals surface area contributed by atoms with Gasteiger partial charge in [0.25, 0.3) is 0 Å². The van der Waals surface area contributed by atoms with E-state index in [4.69, 9.17) is 9.47 Å². The average Bonchev–Trinajstić information content (AvgIpc) is 3.07. The monoisotopic (exact) mass is 312 g/mol. The van der Waals surface area contributed by atoms with Gasteiger partial charge < -0.3 is 14.6 Å². The van der Waals surface area contributed by atoms with Crippen LogP contribution in [0.15, 0.2) is 10.5 Å². The Morgan fingerprint density at radius 1 is 1.28 bits per heavy atom. The molecule has 1 N–H and O–H groups in total. The lowest BCUT2D eigenvalue weighted by atomic mass is 9.97. The number of hydrogen-bond acceptors (Lipinski definition) is 3. The van der Waals surface area contributed by atoms with Crippen LogP contribution in [-0.2, 0) is 12.8 Å². The molecule has 2 aliphatic rings. The summed E-state index contributed by atoms with van der Waals surface area (Å²) in [4.78, 5) is 0. The topological polar surface area (TPSA) is 38.7 Å². The van der Waals surface area contributed by atoms with Crippen LogP contribution in [0.25, 0.3) is 0 Å². The molecule has 0 bridgehead atoms. The third kappa shape index (κ3) is 2.12. The van der Waals surface area contributed by atoms with Gasteiger partial charge in [0.1, 0.15) is 13.2 Å². The lowest BCUT2D eigenvalue weighted by molar-refractivity contribution is 0.149. The highest BCUT2D eigenvalue weighted by molar-refractivity contribution is 9.10. The first kappa shape index (κ1) is 12.3. The third-order valence-corrected chi connectivity index (χ3v) is 4.25. The molecular weight excluding hydrogens is 296 g/mol. The molecule has 0 spiro atoms. The van der Waals surface area contributed by atoms with Crippen LogP contribution in [-0.4, -0.2) is 23.9 Å². The summed E-state index contributed by atoms with van der Waals surface area (Å²) in [5.41, 5.74) is 1.87. The zero-order valence-electron chi connectivity index (χ0n) is 10.5. The van der Waals surface area contributed by atoms with E-state index in [0.29, 0.717) is 19.6 Å². The Hall–Kier alpha value is -0.740. The van der Waals surface area contributed by atoms with Crippen molar-refractivity contribution in [2.24, 2.45) is 0 Å². The SMILES string of the molecule is CCc1c(CC2(O)CC2)cc(Br)c2c1OCCO2. The molecule has 1 fully saturated rings. The fourth-order valence-electron chi connectivity index (χ4n) is 2.49. The summed E-state index contributed by atoms with van der Waals surface area (Å²) in [6, 6.07) is 2.07. The summed E-state index contributed by atoms with van der Waals surface area (Å²) in [5, 5.41) is 10.1. The van der Waals surface area contributed by atoms with Crippen molar-refractivity contribution in [3.63, 3.8) is 0 Å². The van der Waals surface area contributed by atoms with Crippen LogP contribution in [0.1, 0.15) is 30.9 Å². The van der Waals surface area contributed by atoms with Gasteiger partial charge in [-0.25, -0.2) is 0 Å². The van der Waals surface area contributed by atoms with Gasteiger partial charge >= 0.3 is 0 Å². The highest BCUT2D eigenvalue weighted by atomic mass is 79.9. The van der Waals surface area contributed by atoms with E-state index in [2.05, 4.69) is 28.9 Å². The molecule has 18 heavy (non-hydrogen) atoms. The second-order valence-corrected chi connectivity index (χ2v) is 5.96. The molecule has 3 nitrogen and oxygen atoms in total. The van der Waals surface area contributed by atoms with Crippen molar-refractivity contribution in [3.05, 3.63) is 21.7 Å². The van der Waals surface area contributed by atoms with Crippen molar-refractivity contribution >= 4 is 15.9 Å². The Balaban J connectivity index is 2.05. The van der Waals surface area contributed by atoms with Gasteiger partial charge in [-0.05, 0) is 46.8 Å². The molecular formula is C14H17BrO3. The Kier molecular flexibility index (Phi) is 3.02. The minimum Gasteiger partial charge on any atom is -0.486 e. The molecule has 1 aliphatic heterocycles. The van der Waals surface area contributed by atoms with E-state index in [1.165, 1.54) is 11.1 Å². The van der Waals surface area contributed by atoms with E-state index in [1.54, 1.807) is 0 Å². The predicted molar refractivity (Wildman–Crippen MR) is 72.4 cm³/mol. The summed E-state index contributed by atoms with van der Waals surface area (Å²) in [6.45, 7) is 3.31. The number of hydrogen-bond donors (Lipinski definition) is 1. The van der Waals surface area contributed by atoms with Crippen molar-refractivity contribution in [3.8, 4) is 11.5 Å². The number of aliphatic hydroxyl groups is 1. The van der Waals surface area contributed by atoms with Gasteiger partial charge in [0.05, 0.1) is 10.1 Å². The molecule has 1 aromatic rings. The largest absolute Gasteiger partial charge is 0.486 e. The molecule has 0 unspecified atom stereocenters. The summed E-state index contributed by atoms with van der Waals surface area (Å²) in [6.07, 6.45) is 3.42. The number of fused-ring (bicyclic) bond motifs is 1. The van der Waals surface area contributed by atoms with Crippen molar-refractivity contribution < 1.29 is 14.6 Å². The molecule has 1 aromatic carbocycles. The Morgan fingerprint density at radius 2 is 1.94 bits per heavy atom. The highest BCUT2D eigenvalue weighted by Crippen LogP contribution is 2.46. The Bertz CT molecular complexity index is 480. The lowest BCUT2D eigenvalue weighted by Crippen LogP contribution is -2.19. The Labute approximate surface area is 115 Å². The van der Waals surface area contributed by atoms with E-state index in [9.17, 15) is 5.11 Å². The molecule has 0 atom stereocenters. The summed E-state index contributed by atoms with van der Waals surface area (Å²) < 4.78 is 12.4. The van der Waals surface area contributed by atoms with Crippen molar-refractivity contribution in [2.45, 2.75) is 38.2 Å². The van der Waals surface area contributed by atoms with Crippen molar-refractivity contribution in [1.29, 1.82) is 0 Å². The molecule has 4 heteroatoms. The number of benzene rings is 1. The van der Waals surface area contributed by atoms with E-state index in [-0.39, 0.29) is 0 Å². The zero-order chi connectivity index (χ0) is 12.8. The zero-order valence-corrected chi connectivity index (χ0v) is 12.0. The quantitative estimate of drug-likeness (QED) is 0.932. The molecule has 0 radical (unpaired) electrons. The van der Waals surface area contributed by atoms with Gasteiger partial charge in [-0.15, -0.1) is 0 Å². The molecule has 1 saturated carbocycles. The third-order valence-electron chi connectivity index (χ3n) is 3.66. The highest BCUT2D eigenvalue weighted by Gasteiger charge is 2.41. The fraction of sp³-hybridized carbons (Fsp3) is 0.571. The standard InChI is InChI=1S/C14H17BrO3/c1-2-10-9(8-14(16)3-4-14)7-11(15)13-12(10)17-5-6-18-13/h7,16H,2-6,8H2,1H3. The number of rotatable bonds is 3. The first-order valence-electron chi connectivity index (χ1n) is 6.45. The molecule has 1 heterocycles. The first-order chi connectivity index (χ1) is 8.63. The van der Waals surface area contributed by atoms with Crippen molar-refractivity contribution in [1.82, 2.24) is 0 Å². The van der Waals surface area contributed by atoms with E-state index in [0.717, 1.165) is 35.2 Å². The summed E-state index contributed by atoms with van der Waals surface area (Å²) in [5.74, 6) is 1.67. The maximum Gasteiger partial charge on any atom is 0.175 e. The van der Waals surface area contributed by atoms with Crippen LogP contribution in [0.4, 0.5) is 0 Å². The van der Waals surface area contributed by atoms with Crippen LogP contribution in [0.3, 0.4) is 0 Å². The molecule has 1 aliphatic carbocycles. The normalized spacial score (nSPS) is 19.7. The molecule has 0 saturated heterocycles. The number of halogens is 1. The summed E-state index contributed by atoms with van der Waals surface area (Å²) in [7, 11) is 0. The second kappa shape index (κ2) is 4.42. The maximum absolute atomic E-state index is 10.1. The van der Waals surface area contributed by atoms with Crippen LogP contribution >= 0.6 is 15.9 Å². The molecule has 98 valence electrons. The molecule has 0 aromatic heterocycles. The van der Waals surface area contributed by atoms with Crippen molar-refractivity contribution in [2.75, 3.05) is 13.2 Å². The first-order valence-corrected chi connectivity index (χ1v) is 7.24. The average molecular weight is 313 g/mol. The van der Waals surface area contributed by atoms with Gasteiger partial charge in [0, 0.05) is 12.0 Å².